The molecule has 0 bridgehead atoms. The molecule has 1 amide bonds. The summed E-state index contributed by atoms with van der Waals surface area (Å²) in [7, 11) is 1.57. The standard InChI is InChI=1S/C10H20N2O2.ClH/c1-14-8-9(11)10(13)12-6-4-2-3-5-7-12;/h9H,2-8,11H2,1H3;1H. The first-order chi connectivity index (χ1) is 6.75. The van der Waals surface area contributed by atoms with Gasteiger partial charge in [0.2, 0.25) is 5.91 Å². The lowest BCUT2D eigenvalue weighted by Crippen LogP contribution is -2.46. The molecule has 1 saturated heterocycles. The maximum Gasteiger partial charge on any atom is 0.241 e. The van der Waals surface area contributed by atoms with Gasteiger partial charge in [-0.3, -0.25) is 4.79 Å². The molecule has 1 unspecified atom stereocenters. The molecule has 2 N–H and O–H groups in total. The number of rotatable bonds is 3. The van der Waals surface area contributed by atoms with Gasteiger partial charge in [0.1, 0.15) is 6.04 Å². The summed E-state index contributed by atoms with van der Waals surface area (Å²) in [6.07, 6.45) is 4.66. The second-order valence-corrected chi connectivity index (χ2v) is 3.80. The number of ether oxygens (including phenoxy) is 1. The van der Waals surface area contributed by atoms with Crippen molar-refractivity contribution in [2.45, 2.75) is 31.7 Å². The van der Waals surface area contributed by atoms with Crippen molar-refractivity contribution in [2.75, 3.05) is 26.8 Å². The van der Waals surface area contributed by atoms with Crippen LogP contribution in [0.25, 0.3) is 0 Å². The van der Waals surface area contributed by atoms with Crippen molar-refractivity contribution in [2.24, 2.45) is 5.73 Å². The number of carbonyl (C=O) groups excluding carboxylic acids is 1. The molecule has 1 aliphatic rings. The van der Waals surface area contributed by atoms with Crippen LogP contribution in [0.1, 0.15) is 25.7 Å². The minimum absolute atomic E-state index is 0. The SMILES string of the molecule is COCC(N)C(=O)N1CCCCCC1.Cl. The van der Waals surface area contributed by atoms with Crippen LogP contribution in [0, 0.1) is 0 Å². The summed E-state index contributed by atoms with van der Waals surface area (Å²) >= 11 is 0. The number of hydrogen-bond acceptors (Lipinski definition) is 3. The smallest absolute Gasteiger partial charge is 0.241 e. The van der Waals surface area contributed by atoms with Crippen LogP contribution in [0.3, 0.4) is 0 Å². The van der Waals surface area contributed by atoms with E-state index >= 15 is 0 Å². The van der Waals surface area contributed by atoms with E-state index in [-0.39, 0.29) is 18.3 Å². The molecular weight excluding hydrogens is 216 g/mol. The van der Waals surface area contributed by atoms with Gasteiger partial charge in [-0.15, -0.1) is 12.4 Å². The van der Waals surface area contributed by atoms with E-state index in [2.05, 4.69) is 0 Å². The van der Waals surface area contributed by atoms with Crippen LogP contribution in [0.15, 0.2) is 0 Å². The van der Waals surface area contributed by atoms with Crippen molar-refractivity contribution in [3.8, 4) is 0 Å². The largest absolute Gasteiger partial charge is 0.383 e. The van der Waals surface area contributed by atoms with Gasteiger partial charge in [-0.05, 0) is 12.8 Å². The lowest BCUT2D eigenvalue weighted by molar-refractivity contribution is -0.133. The molecule has 4 nitrogen and oxygen atoms in total. The number of halogens is 1. The Morgan fingerprint density at radius 1 is 1.33 bits per heavy atom. The number of hydrogen-bond donors (Lipinski definition) is 1. The number of amides is 1. The van der Waals surface area contributed by atoms with Gasteiger partial charge in [-0.2, -0.15) is 0 Å². The molecule has 1 heterocycles. The third-order valence-electron chi connectivity index (χ3n) is 2.58. The molecular formula is C10H21ClN2O2. The highest BCUT2D eigenvalue weighted by atomic mass is 35.5. The van der Waals surface area contributed by atoms with Crippen molar-refractivity contribution in [1.29, 1.82) is 0 Å². The van der Waals surface area contributed by atoms with E-state index in [9.17, 15) is 4.79 Å². The Morgan fingerprint density at radius 3 is 2.33 bits per heavy atom. The summed E-state index contributed by atoms with van der Waals surface area (Å²) < 4.78 is 4.87. The zero-order valence-corrected chi connectivity index (χ0v) is 10.1. The maximum absolute atomic E-state index is 11.8. The summed E-state index contributed by atoms with van der Waals surface area (Å²) in [4.78, 5) is 13.6. The van der Waals surface area contributed by atoms with Gasteiger partial charge in [0, 0.05) is 20.2 Å². The molecule has 1 fully saturated rings. The van der Waals surface area contributed by atoms with Gasteiger partial charge >= 0.3 is 0 Å². The molecule has 1 rings (SSSR count). The van der Waals surface area contributed by atoms with E-state index in [4.69, 9.17) is 10.5 Å². The Balaban J connectivity index is 0.00000196. The Morgan fingerprint density at radius 2 is 1.87 bits per heavy atom. The molecule has 0 aromatic carbocycles. The Bertz CT molecular complexity index is 182. The summed E-state index contributed by atoms with van der Waals surface area (Å²) in [5, 5.41) is 0. The molecule has 5 heteroatoms. The first kappa shape index (κ1) is 14.7. The number of likely N-dealkylation sites (tertiary alicyclic amines) is 1. The molecule has 0 aromatic rings. The van der Waals surface area contributed by atoms with E-state index in [1.807, 2.05) is 4.90 Å². The van der Waals surface area contributed by atoms with E-state index in [1.54, 1.807) is 7.11 Å². The summed E-state index contributed by atoms with van der Waals surface area (Å²) in [5.74, 6) is 0.0359. The molecule has 0 aromatic heterocycles. The topological polar surface area (TPSA) is 55.6 Å². The average Bonchev–Trinajstić information content (AvgIpc) is 2.45. The molecule has 0 aliphatic carbocycles. The van der Waals surface area contributed by atoms with E-state index in [1.165, 1.54) is 12.8 Å². The van der Waals surface area contributed by atoms with Crippen molar-refractivity contribution >= 4 is 18.3 Å². The fourth-order valence-corrected chi connectivity index (χ4v) is 1.78. The quantitative estimate of drug-likeness (QED) is 0.788. The zero-order valence-electron chi connectivity index (χ0n) is 9.28. The Labute approximate surface area is 97.5 Å². The van der Waals surface area contributed by atoms with Crippen LogP contribution >= 0.6 is 12.4 Å². The number of methoxy groups -OCH3 is 1. The first-order valence-electron chi connectivity index (χ1n) is 5.29. The predicted molar refractivity (Wildman–Crippen MR) is 62.1 cm³/mol. The summed E-state index contributed by atoms with van der Waals surface area (Å²) in [5.41, 5.74) is 5.69. The third kappa shape index (κ3) is 4.82. The molecule has 0 spiro atoms. The van der Waals surface area contributed by atoms with Gasteiger partial charge in [0.25, 0.3) is 0 Å². The minimum Gasteiger partial charge on any atom is -0.383 e. The van der Waals surface area contributed by atoms with Gasteiger partial charge < -0.3 is 15.4 Å². The lowest BCUT2D eigenvalue weighted by Gasteiger charge is -2.23. The van der Waals surface area contributed by atoms with Crippen LogP contribution in [-0.4, -0.2) is 43.7 Å². The van der Waals surface area contributed by atoms with Gasteiger partial charge in [0.15, 0.2) is 0 Å². The van der Waals surface area contributed by atoms with Crippen LogP contribution < -0.4 is 5.73 Å². The second kappa shape index (κ2) is 7.91. The monoisotopic (exact) mass is 236 g/mol. The summed E-state index contributed by atoms with van der Waals surface area (Å²) in [6.45, 7) is 2.03. The molecule has 0 saturated carbocycles. The van der Waals surface area contributed by atoms with Gasteiger partial charge in [-0.1, -0.05) is 12.8 Å². The Hall–Kier alpha value is -0.320. The molecule has 1 aliphatic heterocycles. The van der Waals surface area contributed by atoms with Crippen molar-refractivity contribution in [3.05, 3.63) is 0 Å². The number of nitrogens with two attached hydrogens (primary N) is 1. The van der Waals surface area contributed by atoms with E-state index in [0.717, 1.165) is 25.9 Å². The normalized spacial score (nSPS) is 18.9. The lowest BCUT2D eigenvalue weighted by atomic mass is 10.2. The predicted octanol–water partition coefficient (Wildman–Crippen LogP) is 0.784. The highest BCUT2D eigenvalue weighted by Gasteiger charge is 2.21. The van der Waals surface area contributed by atoms with Gasteiger partial charge in [0.05, 0.1) is 6.61 Å². The number of carbonyl (C=O) groups is 1. The average molecular weight is 237 g/mol. The summed E-state index contributed by atoms with van der Waals surface area (Å²) in [6, 6.07) is -0.488. The van der Waals surface area contributed by atoms with Crippen molar-refractivity contribution in [3.63, 3.8) is 0 Å². The van der Waals surface area contributed by atoms with E-state index in [0.29, 0.717) is 6.61 Å². The fraction of sp³-hybridized carbons (Fsp3) is 0.900. The maximum atomic E-state index is 11.8. The minimum atomic E-state index is -0.488. The van der Waals surface area contributed by atoms with Crippen LogP contribution in [0.2, 0.25) is 0 Å². The third-order valence-corrected chi connectivity index (χ3v) is 2.58. The van der Waals surface area contributed by atoms with Crippen LogP contribution in [0.4, 0.5) is 0 Å². The highest BCUT2D eigenvalue weighted by Crippen LogP contribution is 2.10. The first-order valence-corrected chi connectivity index (χ1v) is 5.29. The van der Waals surface area contributed by atoms with E-state index < -0.39 is 6.04 Å². The second-order valence-electron chi connectivity index (χ2n) is 3.80. The Kier molecular flexibility index (Phi) is 7.74. The molecule has 0 radical (unpaired) electrons. The van der Waals surface area contributed by atoms with Crippen molar-refractivity contribution in [1.82, 2.24) is 4.90 Å². The zero-order chi connectivity index (χ0) is 10.4. The molecule has 15 heavy (non-hydrogen) atoms. The molecule has 1 atom stereocenters. The van der Waals surface area contributed by atoms with Crippen LogP contribution in [0.5, 0.6) is 0 Å². The fourth-order valence-electron chi connectivity index (χ4n) is 1.78. The number of nitrogens with zero attached hydrogens (tertiary/aromatic N) is 1. The van der Waals surface area contributed by atoms with Gasteiger partial charge in [-0.25, -0.2) is 0 Å². The highest BCUT2D eigenvalue weighted by molar-refractivity contribution is 5.85. The molecule has 90 valence electrons. The van der Waals surface area contributed by atoms with Crippen molar-refractivity contribution < 1.29 is 9.53 Å². The van der Waals surface area contributed by atoms with Crippen LogP contribution in [-0.2, 0) is 9.53 Å².